The van der Waals surface area contributed by atoms with E-state index in [1.165, 1.54) is 18.4 Å². The summed E-state index contributed by atoms with van der Waals surface area (Å²) in [7, 11) is 0. The molecule has 1 aromatic heterocycles. The first-order chi connectivity index (χ1) is 5.70. The summed E-state index contributed by atoms with van der Waals surface area (Å²) in [5.41, 5.74) is 2.21. The van der Waals surface area contributed by atoms with Crippen LogP contribution in [0.15, 0.2) is 4.52 Å². The third-order valence-corrected chi connectivity index (χ3v) is 2.58. The fourth-order valence-corrected chi connectivity index (χ4v) is 1.72. The number of rotatable bonds is 2. The highest BCUT2D eigenvalue weighted by Gasteiger charge is 2.31. The normalized spacial score (nSPS) is 19.6. The van der Waals surface area contributed by atoms with E-state index in [0.29, 0.717) is 5.92 Å². The van der Waals surface area contributed by atoms with E-state index >= 15 is 0 Å². The highest BCUT2D eigenvalue weighted by molar-refractivity contribution is 7.80. The Hall–Kier alpha value is -0.440. The van der Waals surface area contributed by atoms with Crippen LogP contribution in [-0.2, 0) is 0 Å². The van der Waals surface area contributed by atoms with Gasteiger partial charge in [0.1, 0.15) is 5.76 Å². The van der Waals surface area contributed by atoms with Gasteiger partial charge >= 0.3 is 0 Å². The van der Waals surface area contributed by atoms with E-state index in [2.05, 4.69) is 24.7 Å². The minimum Gasteiger partial charge on any atom is -0.361 e. The second-order valence-corrected chi connectivity index (χ2v) is 4.28. The quantitative estimate of drug-likeness (QED) is 0.713. The first-order valence-corrected chi connectivity index (χ1v) is 4.86. The van der Waals surface area contributed by atoms with Gasteiger partial charge in [0.2, 0.25) is 0 Å². The van der Waals surface area contributed by atoms with Gasteiger partial charge in [0.05, 0.1) is 5.69 Å². The summed E-state index contributed by atoms with van der Waals surface area (Å²) in [5, 5.41) is 4.21. The first kappa shape index (κ1) is 8.17. The zero-order valence-electron chi connectivity index (χ0n) is 7.37. The van der Waals surface area contributed by atoms with E-state index in [9.17, 15) is 0 Å². The van der Waals surface area contributed by atoms with Crippen LogP contribution in [-0.4, -0.2) is 5.16 Å². The molecule has 0 saturated heterocycles. The highest BCUT2D eigenvalue weighted by atomic mass is 32.1. The molecule has 1 unspecified atom stereocenters. The Balaban J connectivity index is 2.33. The summed E-state index contributed by atoms with van der Waals surface area (Å²) in [6, 6.07) is 0. The predicted octanol–water partition coefficient (Wildman–Crippen LogP) is 2.85. The third kappa shape index (κ3) is 1.26. The van der Waals surface area contributed by atoms with Crippen molar-refractivity contribution in [2.45, 2.75) is 37.9 Å². The van der Waals surface area contributed by atoms with Gasteiger partial charge in [0, 0.05) is 16.7 Å². The molecule has 0 spiro atoms. The van der Waals surface area contributed by atoms with Gasteiger partial charge in [-0.05, 0) is 26.7 Å². The van der Waals surface area contributed by atoms with Crippen LogP contribution in [0.3, 0.4) is 0 Å². The summed E-state index contributed by atoms with van der Waals surface area (Å²) in [4.78, 5) is 0. The van der Waals surface area contributed by atoms with Gasteiger partial charge in [-0.3, -0.25) is 0 Å². The maximum atomic E-state index is 5.28. The molecule has 0 radical (unpaired) electrons. The first-order valence-electron chi connectivity index (χ1n) is 4.34. The number of thiol groups is 1. The lowest BCUT2D eigenvalue weighted by Gasteiger charge is -1.98. The third-order valence-electron chi connectivity index (χ3n) is 2.34. The van der Waals surface area contributed by atoms with Crippen LogP contribution < -0.4 is 0 Å². The van der Waals surface area contributed by atoms with E-state index in [1.807, 2.05) is 6.92 Å². The Morgan fingerprint density at radius 2 is 2.25 bits per heavy atom. The van der Waals surface area contributed by atoms with Gasteiger partial charge in [0.15, 0.2) is 0 Å². The molecule has 1 saturated carbocycles. The minimum atomic E-state index is 0.182. The van der Waals surface area contributed by atoms with E-state index in [4.69, 9.17) is 4.52 Å². The molecule has 1 fully saturated rings. The Labute approximate surface area is 77.7 Å². The standard InChI is InChI=1S/C9H13NOS/c1-5-8(6(2)12)10-11-9(5)7-3-4-7/h6-7,12H,3-4H2,1-2H3. The molecular weight excluding hydrogens is 170 g/mol. The number of hydrogen-bond donors (Lipinski definition) is 1. The molecule has 1 heterocycles. The maximum absolute atomic E-state index is 5.28. The zero-order chi connectivity index (χ0) is 8.72. The molecule has 3 heteroatoms. The van der Waals surface area contributed by atoms with Crippen LogP contribution in [0.1, 0.15) is 48.0 Å². The van der Waals surface area contributed by atoms with Crippen LogP contribution >= 0.6 is 12.6 Å². The van der Waals surface area contributed by atoms with Crippen molar-refractivity contribution in [3.63, 3.8) is 0 Å². The van der Waals surface area contributed by atoms with Crippen LogP contribution in [0, 0.1) is 6.92 Å². The van der Waals surface area contributed by atoms with Crippen molar-refractivity contribution in [2.24, 2.45) is 0 Å². The van der Waals surface area contributed by atoms with Crippen molar-refractivity contribution in [1.29, 1.82) is 0 Å². The Morgan fingerprint density at radius 1 is 1.58 bits per heavy atom. The second-order valence-electron chi connectivity index (χ2n) is 3.51. The van der Waals surface area contributed by atoms with E-state index < -0.39 is 0 Å². The fraction of sp³-hybridized carbons (Fsp3) is 0.667. The SMILES string of the molecule is Cc1c(C(C)S)noc1C1CC1. The molecule has 0 bridgehead atoms. The number of aromatic nitrogens is 1. The number of nitrogens with zero attached hydrogens (tertiary/aromatic N) is 1. The van der Waals surface area contributed by atoms with Gasteiger partial charge in [-0.25, -0.2) is 0 Å². The Kier molecular flexibility index (Phi) is 1.91. The van der Waals surface area contributed by atoms with E-state index in [1.54, 1.807) is 0 Å². The summed E-state index contributed by atoms with van der Waals surface area (Å²) < 4.78 is 5.28. The average Bonchev–Trinajstić information content (AvgIpc) is 2.75. The lowest BCUT2D eigenvalue weighted by molar-refractivity contribution is 0.378. The monoisotopic (exact) mass is 183 g/mol. The summed E-state index contributed by atoms with van der Waals surface area (Å²) in [6.45, 7) is 4.09. The summed E-state index contributed by atoms with van der Waals surface area (Å²) in [6.07, 6.45) is 2.52. The molecular formula is C9H13NOS. The fourth-order valence-electron chi connectivity index (χ4n) is 1.48. The smallest absolute Gasteiger partial charge is 0.143 e. The molecule has 0 amide bonds. The van der Waals surface area contributed by atoms with Crippen molar-refractivity contribution in [2.75, 3.05) is 0 Å². The van der Waals surface area contributed by atoms with Gasteiger partial charge < -0.3 is 4.52 Å². The topological polar surface area (TPSA) is 26.0 Å². The lowest BCUT2D eigenvalue weighted by Crippen LogP contribution is -1.88. The van der Waals surface area contributed by atoms with Crippen molar-refractivity contribution >= 4 is 12.6 Å². The van der Waals surface area contributed by atoms with Crippen LogP contribution in [0.5, 0.6) is 0 Å². The molecule has 2 rings (SSSR count). The molecule has 2 nitrogen and oxygen atoms in total. The maximum Gasteiger partial charge on any atom is 0.143 e. The van der Waals surface area contributed by atoms with Gasteiger partial charge in [-0.1, -0.05) is 5.16 Å². The molecule has 0 aromatic carbocycles. The van der Waals surface area contributed by atoms with Crippen molar-refractivity contribution < 1.29 is 4.52 Å². The van der Waals surface area contributed by atoms with Gasteiger partial charge in [-0.2, -0.15) is 12.6 Å². The van der Waals surface area contributed by atoms with Crippen molar-refractivity contribution in [1.82, 2.24) is 5.16 Å². The molecule has 66 valence electrons. The molecule has 0 aliphatic heterocycles. The Bertz CT molecular complexity index is 269. The Morgan fingerprint density at radius 3 is 2.67 bits per heavy atom. The van der Waals surface area contributed by atoms with E-state index in [0.717, 1.165) is 11.5 Å². The van der Waals surface area contributed by atoms with Crippen LogP contribution in [0.4, 0.5) is 0 Å². The largest absolute Gasteiger partial charge is 0.361 e. The van der Waals surface area contributed by atoms with Crippen LogP contribution in [0.25, 0.3) is 0 Å². The zero-order valence-corrected chi connectivity index (χ0v) is 8.27. The van der Waals surface area contributed by atoms with Crippen LogP contribution in [0.2, 0.25) is 0 Å². The minimum absolute atomic E-state index is 0.182. The molecule has 12 heavy (non-hydrogen) atoms. The molecule has 1 atom stereocenters. The average molecular weight is 183 g/mol. The lowest BCUT2D eigenvalue weighted by atomic mass is 10.1. The molecule has 1 aliphatic rings. The van der Waals surface area contributed by atoms with Gasteiger partial charge in [-0.15, -0.1) is 0 Å². The summed E-state index contributed by atoms with van der Waals surface area (Å²) >= 11 is 4.34. The van der Waals surface area contributed by atoms with Gasteiger partial charge in [0.25, 0.3) is 0 Å². The van der Waals surface area contributed by atoms with Crippen molar-refractivity contribution in [3.8, 4) is 0 Å². The summed E-state index contributed by atoms with van der Waals surface area (Å²) in [5.74, 6) is 1.74. The molecule has 0 N–H and O–H groups in total. The molecule has 1 aliphatic carbocycles. The second kappa shape index (κ2) is 2.80. The number of hydrogen-bond acceptors (Lipinski definition) is 3. The highest BCUT2D eigenvalue weighted by Crippen LogP contribution is 2.43. The van der Waals surface area contributed by atoms with E-state index in [-0.39, 0.29) is 5.25 Å². The van der Waals surface area contributed by atoms with Crippen molar-refractivity contribution in [3.05, 3.63) is 17.0 Å². The molecule has 1 aromatic rings. The predicted molar refractivity (Wildman–Crippen MR) is 50.6 cm³/mol.